The van der Waals surface area contributed by atoms with Gasteiger partial charge in [0.05, 0.1) is 18.1 Å². The van der Waals surface area contributed by atoms with Gasteiger partial charge in [0.25, 0.3) is 0 Å². The van der Waals surface area contributed by atoms with E-state index in [2.05, 4.69) is 17.4 Å². The van der Waals surface area contributed by atoms with E-state index in [1.807, 2.05) is 30.9 Å². The molecule has 0 bridgehead atoms. The Labute approximate surface area is 178 Å². The molecule has 2 amide bonds. The lowest BCUT2D eigenvalue weighted by molar-refractivity contribution is -0.145. The Morgan fingerprint density at radius 3 is 2.63 bits per heavy atom. The molecule has 7 heteroatoms. The van der Waals surface area contributed by atoms with Crippen molar-refractivity contribution < 1.29 is 19.5 Å². The predicted molar refractivity (Wildman–Crippen MR) is 112 cm³/mol. The monoisotopic (exact) mass is 415 g/mol. The molecule has 1 aromatic rings. The molecule has 30 heavy (non-hydrogen) atoms. The summed E-state index contributed by atoms with van der Waals surface area (Å²) in [5, 5.41) is 12.5. The summed E-state index contributed by atoms with van der Waals surface area (Å²) >= 11 is 0. The maximum Gasteiger partial charge on any atom is 0.248 e. The third-order valence-electron chi connectivity index (χ3n) is 6.93. The van der Waals surface area contributed by atoms with E-state index in [0.717, 1.165) is 38.0 Å². The second-order valence-corrected chi connectivity index (χ2v) is 9.48. The fourth-order valence-electron chi connectivity index (χ4n) is 5.01. The molecular weight excluding hydrogens is 382 g/mol. The van der Waals surface area contributed by atoms with Crippen LogP contribution < -0.4 is 15.5 Å². The second-order valence-electron chi connectivity index (χ2n) is 9.48. The van der Waals surface area contributed by atoms with E-state index in [1.165, 1.54) is 5.56 Å². The molecule has 3 aliphatic rings. The molecule has 1 spiro atoms. The molecule has 0 radical (unpaired) electrons. The minimum absolute atomic E-state index is 0.0190. The fourth-order valence-corrected chi connectivity index (χ4v) is 5.01. The van der Waals surface area contributed by atoms with Gasteiger partial charge in [0.1, 0.15) is 5.75 Å². The lowest BCUT2D eigenvalue weighted by atomic mass is 9.81. The molecule has 0 aromatic heterocycles. The highest BCUT2D eigenvalue weighted by Gasteiger charge is 2.52. The number of hydrogen-bond acceptors (Lipinski definition) is 5. The maximum absolute atomic E-state index is 13.2. The Balaban J connectivity index is 1.37. The van der Waals surface area contributed by atoms with Crippen LogP contribution in [0.1, 0.15) is 57.4 Å². The molecule has 3 N–H and O–H groups in total. The highest BCUT2D eigenvalue weighted by Crippen LogP contribution is 2.52. The van der Waals surface area contributed by atoms with E-state index in [9.17, 15) is 9.59 Å². The highest BCUT2D eigenvalue weighted by atomic mass is 16.5. The molecule has 1 saturated carbocycles. The second kappa shape index (κ2) is 8.55. The Morgan fingerprint density at radius 1 is 1.27 bits per heavy atom. The van der Waals surface area contributed by atoms with E-state index in [-0.39, 0.29) is 17.4 Å². The first kappa shape index (κ1) is 21.1. The molecule has 4 rings (SSSR count). The highest BCUT2D eigenvalue weighted by molar-refractivity contribution is 5.90. The summed E-state index contributed by atoms with van der Waals surface area (Å²) in [7, 11) is 0. The van der Waals surface area contributed by atoms with Gasteiger partial charge in [0.15, 0.2) is 0 Å². The molecule has 2 heterocycles. The van der Waals surface area contributed by atoms with Crippen LogP contribution in [0.15, 0.2) is 24.3 Å². The molecule has 164 valence electrons. The summed E-state index contributed by atoms with van der Waals surface area (Å²) in [5.41, 5.74) is 3.17. The third kappa shape index (κ3) is 4.47. The first-order valence-electron chi connectivity index (χ1n) is 11.1. The summed E-state index contributed by atoms with van der Waals surface area (Å²) in [6.07, 6.45) is 4.76. The zero-order valence-electron chi connectivity index (χ0n) is 17.9. The van der Waals surface area contributed by atoms with Gasteiger partial charge >= 0.3 is 0 Å². The van der Waals surface area contributed by atoms with E-state index < -0.39 is 17.9 Å². The molecule has 7 nitrogen and oxygen atoms in total. The number of hydrogen-bond donors (Lipinski definition) is 3. The van der Waals surface area contributed by atoms with Crippen molar-refractivity contribution in [2.24, 2.45) is 11.3 Å². The van der Waals surface area contributed by atoms with Gasteiger partial charge < -0.3 is 15.0 Å². The van der Waals surface area contributed by atoms with Crippen LogP contribution in [0.3, 0.4) is 0 Å². The van der Waals surface area contributed by atoms with Crippen molar-refractivity contribution in [3.63, 3.8) is 0 Å². The molecule has 1 aromatic carbocycles. The number of nitrogens with one attached hydrogen (secondary N) is 2. The van der Waals surface area contributed by atoms with Crippen LogP contribution >= 0.6 is 0 Å². The number of rotatable bonds is 5. The van der Waals surface area contributed by atoms with Gasteiger partial charge in [-0.1, -0.05) is 12.1 Å². The van der Waals surface area contributed by atoms with Crippen molar-refractivity contribution in [1.29, 1.82) is 0 Å². The molecule has 3 fully saturated rings. The average molecular weight is 416 g/mol. The van der Waals surface area contributed by atoms with Gasteiger partial charge in [-0.2, -0.15) is 0 Å². The molecule has 2 aliphatic heterocycles. The minimum Gasteiger partial charge on any atom is -0.491 e. The first-order valence-corrected chi connectivity index (χ1v) is 11.1. The molecule has 2 saturated heterocycles. The van der Waals surface area contributed by atoms with Crippen molar-refractivity contribution in [3.8, 4) is 5.75 Å². The molecule has 1 unspecified atom stereocenters. The summed E-state index contributed by atoms with van der Waals surface area (Å²) in [4.78, 5) is 27.3. The van der Waals surface area contributed by atoms with Crippen LogP contribution in [0.2, 0.25) is 0 Å². The van der Waals surface area contributed by atoms with Crippen molar-refractivity contribution in [2.75, 3.05) is 19.6 Å². The van der Waals surface area contributed by atoms with Gasteiger partial charge in [-0.3, -0.25) is 14.8 Å². The van der Waals surface area contributed by atoms with Crippen LogP contribution in [-0.4, -0.2) is 53.7 Å². The molecule has 2 atom stereocenters. The normalized spacial score (nSPS) is 25.9. The number of piperidine rings is 2. The number of likely N-dealkylation sites (tertiary alicyclic amines) is 1. The zero-order valence-corrected chi connectivity index (χ0v) is 17.9. The van der Waals surface area contributed by atoms with Crippen LogP contribution in [0.4, 0.5) is 0 Å². The number of nitrogens with zero attached hydrogens (tertiary/aromatic N) is 1. The number of benzene rings is 1. The Kier molecular flexibility index (Phi) is 6.02. The van der Waals surface area contributed by atoms with E-state index >= 15 is 0 Å². The van der Waals surface area contributed by atoms with E-state index in [1.54, 1.807) is 5.48 Å². The van der Waals surface area contributed by atoms with Gasteiger partial charge in [-0.05, 0) is 75.0 Å². The first-order chi connectivity index (χ1) is 14.4. The SMILES string of the molecule is CC(C)Oc1cccc(C2CCN(C(=O)[C@H]3NCC4(CC4)CC3C(=O)NO)CC2)c1. The number of hydroxylamine groups is 1. The lowest BCUT2D eigenvalue weighted by Crippen LogP contribution is -2.59. The van der Waals surface area contributed by atoms with Crippen molar-refractivity contribution >= 4 is 11.8 Å². The number of carbonyl (C=O) groups is 2. The largest absolute Gasteiger partial charge is 0.491 e. The predicted octanol–water partition coefficient (Wildman–Crippen LogP) is 2.44. The Morgan fingerprint density at radius 2 is 2.00 bits per heavy atom. The third-order valence-corrected chi connectivity index (χ3v) is 6.93. The number of carbonyl (C=O) groups excluding carboxylic acids is 2. The van der Waals surface area contributed by atoms with Gasteiger partial charge in [-0.15, -0.1) is 0 Å². The number of amides is 2. The summed E-state index contributed by atoms with van der Waals surface area (Å²) < 4.78 is 5.82. The summed E-state index contributed by atoms with van der Waals surface area (Å²) in [6.45, 7) is 6.17. The standard InChI is InChI=1S/C23H33N3O4/c1-15(2)30-18-5-3-4-17(12-18)16-6-10-26(11-7-16)22(28)20-19(21(27)25-29)13-23(8-9-23)14-24-20/h3-5,12,15-16,19-20,24,29H,6-11,13-14H2,1-2H3,(H,25,27)/t19?,20-/m0/s1. The van der Waals surface area contributed by atoms with Crippen LogP contribution in [0.5, 0.6) is 5.75 Å². The van der Waals surface area contributed by atoms with Crippen molar-refractivity contribution in [1.82, 2.24) is 15.7 Å². The smallest absolute Gasteiger partial charge is 0.248 e. The van der Waals surface area contributed by atoms with Crippen LogP contribution in [-0.2, 0) is 9.59 Å². The zero-order chi connectivity index (χ0) is 21.3. The Hall–Kier alpha value is -2.12. The molecular formula is C23H33N3O4. The fraction of sp³-hybridized carbons (Fsp3) is 0.652. The minimum atomic E-state index is -0.553. The van der Waals surface area contributed by atoms with Crippen molar-refractivity contribution in [2.45, 2.75) is 64.0 Å². The van der Waals surface area contributed by atoms with E-state index in [4.69, 9.17) is 9.94 Å². The van der Waals surface area contributed by atoms with Gasteiger partial charge in [0.2, 0.25) is 11.8 Å². The average Bonchev–Trinajstić information content (AvgIpc) is 3.51. The number of ether oxygens (including phenoxy) is 1. The Bertz CT molecular complexity index is 784. The van der Waals surface area contributed by atoms with Crippen LogP contribution in [0, 0.1) is 11.3 Å². The summed E-state index contributed by atoms with van der Waals surface area (Å²) in [5.74, 6) is 0.300. The topological polar surface area (TPSA) is 90.9 Å². The van der Waals surface area contributed by atoms with Gasteiger partial charge in [0, 0.05) is 19.6 Å². The maximum atomic E-state index is 13.2. The lowest BCUT2D eigenvalue weighted by Gasteiger charge is -2.40. The van der Waals surface area contributed by atoms with Gasteiger partial charge in [-0.25, -0.2) is 5.48 Å². The van der Waals surface area contributed by atoms with Crippen LogP contribution in [0.25, 0.3) is 0 Å². The molecule has 1 aliphatic carbocycles. The quantitative estimate of drug-likeness (QED) is 0.508. The van der Waals surface area contributed by atoms with Crippen molar-refractivity contribution in [3.05, 3.63) is 29.8 Å². The van der Waals surface area contributed by atoms with E-state index in [0.29, 0.717) is 25.4 Å². The summed E-state index contributed by atoms with van der Waals surface area (Å²) in [6, 6.07) is 7.71.